The number of nitrogens with one attached hydrogen (secondary N) is 1. The topological polar surface area (TPSA) is 70.7 Å². The molecule has 0 aliphatic rings. The third kappa shape index (κ3) is 6.69. The molecule has 0 aliphatic heterocycles. The Balaban J connectivity index is 2.13. The Hall–Kier alpha value is -2.70. The van der Waals surface area contributed by atoms with E-state index in [0.717, 1.165) is 30.7 Å². The van der Waals surface area contributed by atoms with Gasteiger partial charge in [-0.1, -0.05) is 20.3 Å². The van der Waals surface area contributed by atoms with Crippen molar-refractivity contribution in [3.63, 3.8) is 0 Å². The van der Waals surface area contributed by atoms with Gasteiger partial charge in [0, 0.05) is 31.5 Å². The van der Waals surface area contributed by atoms with Crippen molar-refractivity contribution in [1.29, 1.82) is 0 Å². The van der Waals surface area contributed by atoms with Crippen LogP contribution in [0.2, 0.25) is 0 Å². The van der Waals surface area contributed by atoms with Crippen LogP contribution in [-0.4, -0.2) is 45.4 Å². The van der Waals surface area contributed by atoms with E-state index in [0.29, 0.717) is 19.6 Å². The second kappa shape index (κ2) is 11.3. The minimum Gasteiger partial charge on any atom is -0.467 e. The molecule has 2 heterocycles. The first-order chi connectivity index (χ1) is 14.0. The van der Waals surface area contributed by atoms with Gasteiger partial charge >= 0.3 is 6.03 Å². The maximum Gasteiger partial charge on any atom is 0.318 e. The highest BCUT2D eigenvalue weighted by Crippen LogP contribution is 2.13. The van der Waals surface area contributed by atoms with Gasteiger partial charge in [0.05, 0.1) is 19.4 Å². The summed E-state index contributed by atoms with van der Waals surface area (Å²) >= 11 is 0. The summed E-state index contributed by atoms with van der Waals surface area (Å²) in [6.45, 7) is 7.55. The molecule has 0 fully saturated rings. The van der Waals surface area contributed by atoms with E-state index in [1.165, 1.54) is 0 Å². The average molecular weight is 403 g/mol. The molecule has 0 unspecified atom stereocenters. The third-order valence-corrected chi connectivity index (χ3v) is 5.18. The standard InChI is InChI=1S/C22H34N4O3/c1-5-7-12-23-22(28)26(18(3)6-2)17-21(27)25(16-20-11-9-14-29-20)15-19-10-8-13-24(19)4/h8-11,13-14,18H,5-7,12,15-17H2,1-4H3,(H,23,28)/t18-/m1/s1. The van der Waals surface area contributed by atoms with Crippen LogP contribution in [0.5, 0.6) is 0 Å². The summed E-state index contributed by atoms with van der Waals surface area (Å²) < 4.78 is 7.45. The predicted molar refractivity (Wildman–Crippen MR) is 113 cm³/mol. The van der Waals surface area contributed by atoms with Gasteiger partial charge in [0.2, 0.25) is 5.91 Å². The summed E-state index contributed by atoms with van der Waals surface area (Å²) in [6.07, 6.45) is 6.28. The Bertz CT molecular complexity index is 754. The highest BCUT2D eigenvalue weighted by molar-refractivity contribution is 5.84. The Morgan fingerprint density at radius 3 is 2.59 bits per heavy atom. The lowest BCUT2D eigenvalue weighted by molar-refractivity contribution is -0.133. The normalized spacial score (nSPS) is 11.9. The maximum atomic E-state index is 13.2. The van der Waals surface area contributed by atoms with E-state index in [-0.39, 0.29) is 24.5 Å². The monoisotopic (exact) mass is 402 g/mol. The summed E-state index contributed by atoms with van der Waals surface area (Å²) in [5, 5.41) is 2.94. The van der Waals surface area contributed by atoms with E-state index in [1.54, 1.807) is 16.1 Å². The van der Waals surface area contributed by atoms with E-state index < -0.39 is 0 Å². The zero-order chi connectivity index (χ0) is 21.2. The second-order valence-corrected chi connectivity index (χ2v) is 7.41. The molecule has 7 nitrogen and oxygen atoms in total. The van der Waals surface area contributed by atoms with Crippen LogP contribution in [0.15, 0.2) is 41.1 Å². The number of urea groups is 1. The molecule has 0 bridgehead atoms. The molecule has 0 saturated carbocycles. The smallest absolute Gasteiger partial charge is 0.318 e. The second-order valence-electron chi connectivity index (χ2n) is 7.41. The first-order valence-electron chi connectivity index (χ1n) is 10.4. The molecule has 7 heteroatoms. The number of furan rings is 1. The first-order valence-corrected chi connectivity index (χ1v) is 10.4. The molecule has 2 aromatic heterocycles. The molecule has 29 heavy (non-hydrogen) atoms. The van der Waals surface area contributed by atoms with Crippen LogP contribution in [0.3, 0.4) is 0 Å². The van der Waals surface area contributed by atoms with Crippen LogP contribution in [0.4, 0.5) is 4.79 Å². The van der Waals surface area contributed by atoms with Gasteiger partial charge in [-0.2, -0.15) is 0 Å². The number of carbonyl (C=O) groups is 2. The van der Waals surface area contributed by atoms with Gasteiger partial charge in [-0.15, -0.1) is 0 Å². The highest BCUT2D eigenvalue weighted by Gasteiger charge is 2.25. The number of hydrogen-bond acceptors (Lipinski definition) is 3. The lowest BCUT2D eigenvalue weighted by Crippen LogP contribution is -2.50. The molecular formula is C22H34N4O3. The fourth-order valence-corrected chi connectivity index (χ4v) is 3.05. The van der Waals surface area contributed by atoms with E-state index in [9.17, 15) is 9.59 Å². The Morgan fingerprint density at radius 2 is 2.00 bits per heavy atom. The molecule has 2 rings (SSSR count). The highest BCUT2D eigenvalue weighted by atomic mass is 16.3. The quantitative estimate of drug-likeness (QED) is 0.582. The van der Waals surface area contributed by atoms with Crippen molar-refractivity contribution in [2.75, 3.05) is 13.1 Å². The van der Waals surface area contributed by atoms with Crippen LogP contribution in [0, 0.1) is 0 Å². The molecule has 0 saturated heterocycles. The number of amides is 3. The Morgan fingerprint density at radius 1 is 1.21 bits per heavy atom. The summed E-state index contributed by atoms with van der Waals surface area (Å²) in [7, 11) is 1.96. The van der Waals surface area contributed by atoms with E-state index in [4.69, 9.17) is 4.42 Å². The SMILES string of the molecule is CCCCNC(=O)N(CC(=O)N(Cc1ccco1)Cc1cccn1C)[C@H](C)CC. The van der Waals surface area contributed by atoms with Crippen molar-refractivity contribution >= 4 is 11.9 Å². The number of nitrogens with zero attached hydrogens (tertiary/aromatic N) is 3. The summed E-state index contributed by atoms with van der Waals surface area (Å²) in [5.41, 5.74) is 1.02. The number of aromatic nitrogens is 1. The van der Waals surface area contributed by atoms with Crippen molar-refractivity contribution in [3.8, 4) is 0 Å². The van der Waals surface area contributed by atoms with Crippen LogP contribution in [-0.2, 0) is 24.9 Å². The molecule has 2 aromatic rings. The van der Waals surface area contributed by atoms with Crippen molar-refractivity contribution in [3.05, 3.63) is 48.2 Å². The number of unbranched alkanes of at least 4 members (excludes halogenated alkanes) is 1. The zero-order valence-electron chi connectivity index (χ0n) is 18.1. The number of carbonyl (C=O) groups excluding carboxylic acids is 2. The molecule has 0 aromatic carbocycles. The lowest BCUT2D eigenvalue weighted by Gasteiger charge is -2.31. The van der Waals surface area contributed by atoms with E-state index >= 15 is 0 Å². The van der Waals surface area contributed by atoms with Gasteiger partial charge in [-0.25, -0.2) is 4.79 Å². The van der Waals surface area contributed by atoms with Crippen molar-refractivity contribution < 1.29 is 14.0 Å². The van der Waals surface area contributed by atoms with Crippen LogP contribution < -0.4 is 5.32 Å². The van der Waals surface area contributed by atoms with Crippen molar-refractivity contribution in [2.45, 2.75) is 59.2 Å². The lowest BCUT2D eigenvalue weighted by atomic mass is 10.2. The van der Waals surface area contributed by atoms with Crippen LogP contribution in [0.1, 0.15) is 51.5 Å². The number of aryl methyl sites for hydroxylation is 1. The molecular weight excluding hydrogens is 368 g/mol. The average Bonchev–Trinajstić information content (AvgIpc) is 3.37. The van der Waals surface area contributed by atoms with E-state index in [1.807, 2.05) is 55.9 Å². The summed E-state index contributed by atoms with van der Waals surface area (Å²) in [4.78, 5) is 29.3. The summed E-state index contributed by atoms with van der Waals surface area (Å²) in [6, 6.07) is 7.41. The number of rotatable bonds is 11. The minimum atomic E-state index is -0.182. The number of hydrogen-bond donors (Lipinski definition) is 1. The zero-order valence-corrected chi connectivity index (χ0v) is 18.1. The fourth-order valence-electron chi connectivity index (χ4n) is 3.05. The van der Waals surface area contributed by atoms with Crippen molar-refractivity contribution in [1.82, 2.24) is 19.7 Å². The van der Waals surface area contributed by atoms with Gasteiger partial charge in [0.25, 0.3) is 0 Å². The molecule has 160 valence electrons. The molecule has 0 radical (unpaired) electrons. The summed E-state index contributed by atoms with van der Waals surface area (Å²) in [5.74, 6) is 0.614. The molecule has 1 N–H and O–H groups in total. The van der Waals surface area contributed by atoms with E-state index in [2.05, 4.69) is 12.2 Å². The fraction of sp³-hybridized carbons (Fsp3) is 0.545. The third-order valence-electron chi connectivity index (χ3n) is 5.18. The van der Waals surface area contributed by atoms with Gasteiger partial charge in [-0.3, -0.25) is 4.79 Å². The molecule has 3 amide bonds. The van der Waals surface area contributed by atoms with Crippen molar-refractivity contribution in [2.24, 2.45) is 7.05 Å². The van der Waals surface area contributed by atoms with Gasteiger partial charge in [0.15, 0.2) is 0 Å². The van der Waals surface area contributed by atoms with Crippen LogP contribution >= 0.6 is 0 Å². The van der Waals surface area contributed by atoms with Gasteiger partial charge in [-0.05, 0) is 44.0 Å². The maximum absolute atomic E-state index is 13.2. The first kappa shape index (κ1) is 22.6. The molecule has 1 atom stereocenters. The van der Waals surface area contributed by atoms with Gasteiger partial charge < -0.3 is 24.1 Å². The Labute approximate surface area is 173 Å². The molecule has 0 spiro atoms. The van der Waals surface area contributed by atoms with Crippen LogP contribution in [0.25, 0.3) is 0 Å². The Kier molecular flexibility index (Phi) is 8.83. The van der Waals surface area contributed by atoms with Gasteiger partial charge in [0.1, 0.15) is 12.3 Å². The predicted octanol–water partition coefficient (Wildman–Crippen LogP) is 3.76. The molecule has 0 aliphatic carbocycles. The largest absolute Gasteiger partial charge is 0.467 e. The minimum absolute atomic E-state index is 0.0268.